The molecular formula is C31H32N2O5. The van der Waals surface area contributed by atoms with Crippen LogP contribution in [0.15, 0.2) is 82.4 Å². The fourth-order valence-electron chi connectivity index (χ4n) is 3.98. The zero-order valence-corrected chi connectivity index (χ0v) is 22.1. The summed E-state index contributed by atoms with van der Waals surface area (Å²) in [6, 6.07) is 23.6. The van der Waals surface area contributed by atoms with Crippen LogP contribution in [-0.2, 0) is 22.7 Å². The number of carboxylic acid groups (broad SMARTS) is 1. The van der Waals surface area contributed by atoms with E-state index in [-0.39, 0.29) is 6.61 Å². The first-order chi connectivity index (χ1) is 18.3. The number of hydrogen-bond donors (Lipinski definition) is 1. The summed E-state index contributed by atoms with van der Waals surface area (Å²) >= 11 is 0. The Morgan fingerprint density at radius 2 is 1.76 bits per heavy atom. The van der Waals surface area contributed by atoms with Crippen LogP contribution >= 0.6 is 0 Å². The van der Waals surface area contributed by atoms with Gasteiger partial charge in [-0.25, -0.2) is 9.78 Å². The maximum Gasteiger partial charge on any atom is 0.344 e. The molecule has 0 aliphatic heterocycles. The highest BCUT2D eigenvalue weighted by atomic mass is 16.6. The van der Waals surface area contributed by atoms with Crippen LogP contribution in [0.1, 0.15) is 47.1 Å². The molecule has 1 heterocycles. The summed E-state index contributed by atoms with van der Waals surface area (Å²) in [5, 5.41) is 13.8. The second-order valence-corrected chi connectivity index (χ2v) is 9.19. The van der Waals surface area contributed by atoms with Gasteiger partial charge in [0.05, 0.1) is 5.71 Å². The van der Waals surface area contributed by atoms with E-state index in [2.05, 4.69) is 10.1 Å². The van der Waals surface area contributed by atoms with Gasteiger partial charge in [-0.3, -0.25) is 0 Å². The molecule has 0 radical (unpaired) electrons. The van der Waals surface area contributed by atoms with Gasteiger partial charge >= 0.3 is 5.97 Å². The highest BCUT2D eigenvalue weighted by Gasteiger charge is 2.18. The van der Waals surface area contributed by atoms with Crippen molar-refractivity contribution in [3.63, 3.8) is 0 Å². The van der Waals surface area contributed by atoms with E-state index in [0.717, 1.165) is 28.0 Å². The summed E-state index contributed by atoms with van der Waals surface area (Å²) in [5.74, 6) is 0.831. The van der Waals surface area contributed by atoms with Crippen molar-refractivity contribution in [2.24, 2.45) is 5.16 Å². The molecule has 0 aliphatic rings. The summed E-state index contributed by atoms with van der Waals surface area (Å²) in [6.45, 7) is 7.77. The summed E-state index contributed by atoms with van der Waals surface area (Å²) in [5.41, 5.74) is 6.34. The predicted molar refractivity (Wildman–Crippen MR) is 146 cm³/mol. The largest absolute Gasteiger partial charge is 0.479 e. The van der Waals surface area contributed by atoms with Crippen molar-refractivity contribution in [2.45, 2.75) is 53.2 Å². The van der Waals surface area contributed by atoms with Crippen molar-refractivity contribution in [1.29, 1.82) is 0 Å². The summed E-state index contributed by atoms with van der Waals surface area (Å²) in [4.78, 5) is 21.8. The molecule has 3 aromatic carbocycles. The number of carbonyl (C=O) groups is 1. The van der Waals surface area contributed by atoms with Gasteiger partial charge in [0.25, 0.3) is 0 Å². The third kappa shape index (κ3) is 6.68. The van der Waals surface area contributed by atoms with Crippen LogP contribution in [0.5, 0.6) is 5.75 Å². The average molecular weight is 513 g/mol. The number of benzene rings is 3. The lowest BCUT2D eigenvalue weighted by molar-refractivity contribution is -0.145. The number of oxazole rings is 1. The first-order valence-electron chi connectivity index (χ1n) is 12.6. The van der Waals surface area contributed by atoms with Gasteiger partial charge in [0.2, 0.25) is 5.89 Å². The Hall–Kier alpha value is -4.39. The number of aryl methyl sites for hydroxylation is 3. The number of rotatable bonds is 11. The Balaban J connectivity index is 1.50. The van der Waals surface area contributed by atoms with Crippen molar-refractivity contribution in [2.75, 3.05) is 0 Å². The Morgan fingerprint density at radius 3 is 2.42 bits per heavy atom. The molecule has 1 unspecified atom stereocenters. The topological polar surface area (TPSA) is 94.2 Å². The molecule has 4 aromatic rings. The molecule has 4 rings (SSSR count). The van der Waals surface area contributed by atoms with Crippen LogP contribution in [-0.4, -0.2) is 27.9 Å². The number of aromatic nitrogens is 1. The number of nitrogens with zero attached hydrogens (tertiary/aromatic N) is 2. The SMILES string of the molecule is CCC(Oc1ccc(CC(=NOCc2nc(-c3ccc(C)cc3)oc2C)c2ccccc2)cc1C)C(=O)O. The van der Waals surface area contributed by atoms with Crippen molar-refractivity contribution >= 4 is 11.7 Å². The average Bonchev–Trinajstić information content (AvgIpc) is 3.28. The van der Waals surface area contributed by atoms with Gasteiger partial charge in [0.1, 0.15) is 17.2 Å². The molecule has 0 amide bonds. The minimum Gasteiger partial charge on any atom is -0.479 e. The van der Waals surface area contributed by atoms with E-state index in [0.29, 0.717) is 35.9 Å². The minimum absolute atomic E-state index is 0.178. The summed E-state index contributed by atoms with van der Waals surface area (Å²) in [6.07, 6.45) is 0.0325. The second-order valence-electron chi connectivity index (χ2n) is 9.19. The van der Waals surface area contributed by atoms with Crippen LogP contribution in [0.4, 0.5) is 0 Å². The van der Waals surface area contributed by atoms with Gasteiger partial charge in [-0.1, -0.05) is 72.2 Å². The maximum absolute atomic E-state index is 11.4. The zero-order chi connectivity index (χ0) is 27.1. The van der Waals surface area contributed by atoms with Gasteiger partial charge in [0.15, 0.2) is 12.7 Å². The van der Waals surface area contributed by atoms with Crippen LogP contribution in [0, 0.1) is 20.8 Å². The van der Waals surface area contributed by atoms with Crippen LogP contribution < -0.4 is 4.74 Å². The molecule has 0 aliphatic carbocycles. The standard InChI is InChI=1S/C31H32N2O5/c1-5-28(31(34)35)38-29-16-13-23(17-21(29)3)18-26(24-9-7-6-8-10-24)33-36-19-27-22(4)37-30(32-27)25-14-11-20(2)12-15-25/h6-17,28H,5,18-19H2,1-4H3,(H,34,35). The highest BCUT2D eigenvalue weighted by molar-refractivity contribution is 6.01. The third-order valence-corrected chi connectivity index (χ3v) is 6.20. The molecule has 0 saturated carbocycles. The Kier molecular flexibility index (Phi) is 8.58. The van der Waals surface area contributed by atoms with Gasteiger partial charge in [-0.05, 0) is 62.1 Å². The van der Waals surface area contributed by atoms with Gasteiger partial charge in [0, 0.05) is 12.0 Å². The van der Waals surface area contributed by atoms with Gasteiger partial charge in [-0.2, -0.15) is 0 Å². The van der Waals surface area contributed by atoms with E-state index in [1.54, 1.807) is 6.92 Å². The molecule has 0 saturated heterocycles. The molecule has 1 atom stereocenters. The van der Waals surface area contributed by atoms with Crippen molar-refractivity contribution in [1.82, 2.24) is 4.98 Å². The lowest BCUT2D eigenvalue weighted by Crippen LogP contribution is -2.26. The number of ether oxygens (including phenoxy) is 1. The number of oxime groups is 1. The zero-order valence-electron chi connectivity index (χ0n) is 22.1. The smallest absolute Gasteiger partial charge is 0.344 e. The fourth-order valence-corrected chi connectivity index (χ4v) is 3.98. The molecule has 0 spiro atoms. The Bertz CT molecular complexity index is 1410. The molecular weight excluding hydrogens is 480 g/mol. The molecule has 7 heteroatoms. The summed E-state index contributed by atoms with van der Waals surface area (Å²) in [7, 11) is 0. The minimum atomic E-state index is -0.972. The lowest BCUT2D eigenvalue weighted by Gasteiger charge is -2.16. The molecule has 0 bridgehead atoms. The van der Waals surface area contributed by atoms with E-state index < -0.39 is 12.1 Å². The van der Waals surface area contributed by atoms with E-state index in [1.165, 1.54) is 5.56 Å². The fraction of sp³-hybridized carbons (Fsp3) is 0.258. The normalized spacial score (nSPS) is 12.3. The quantitative estimate of drug-likeness (QED) is 0.178. The van der Waals surface area contributed by atoms with E-state index in [1.807, 2.05) is 93.6 Å². The summed E-state index contributed by atoms with van der Waals surface area (Å²) < 4.78 is 11.6. The van der Waals surface area contributed by atoms with E-state index in [4.69, 9.17) is 14.0 Å². The van der Waals surface area contributed by atoms with Crippen LogP contribution in [0.2, 0.25) is 0 Å². The molecule has 1 aromatic heterocycles. The van der Waals surface area contributed by atoms with E-state index >= 15 is 0 Å². The van der Waals surface area contributed by atoms with Crippen LogP contribution in [0.3, 0.4) is 0 Å². The van der Waals surface area contributed by atoms with Crippen molar-refractivity contribution < 1.29 is 23.9 Å². The van der Waals surface area contributed by atoms with Crippen LogP contribution in [0.25, 0.3) is 11.5 Å². The van der Waals surface area contributed by atoms with Crippen molar-refractivity contribution in [3.8, 4) is 17.2 Å². The molecule has 1 N–H and O–H groups in total. The Labute approximate surface area is 222 Å². The molecule has 196 valence electrons. The number of aliphatic carboxylic acids is 1. The highest BCUT2D eigenvalue weighted by Crippen LogP contribution is 2.24. The van der Waals surface area contributed by atoms with Gasteiger partial charge < -0.3 is 19.1 Å². The number of hydrogen-bond acceptors (Lipinski definition) is 6. The van der Waals surface area contributed by atoms with Gasteiger partial charge in [-0.15, -0.1) is 0 Å². The number of carboxylic acids is 1. The van der Waals surface area contributed by atoms with E-state index in [9.17, 15) is 9.90 Å². The maximum atomic E-state index is 11.4. The molecule has 7 nitrogen and oxygen atoms in total. The first kappa shape index (κ1) is 26.7. The second kappa shape index (κ2) is 12.2. The monoisotopic (exact) mass is 512 g/mol. The Morgan fingerprint density at radius 1 is 1.03 bits per heavy atom. The third-order valence-electron chi connectivity index (χ3n) is 6.20. The molecule has 38 heavy (non-hydrogen) atoms. The molecule has 0 fully saturated rings. The lowest BCUT2D eigenvalue weighted by atomic mass is 10.0. The predicted octanol–water partition coefficient (Wildman–Crippen LogP) is 6.67. The first-order valence-corrected chi connectivity index (χ1v) is 12.6. The van der Waals surface area contributed by atoms with Crippen molar-refractivity contribution in [3.05, 3.63) is 107 Å².